The van der Waals surface area contributed by atoms with Crippen molar-refractivity contribution in [3.8, 4) is 11.6 Å². The summed E-state index contributed by atoms with van der Waals surface area (Å²) in [6, 6.07) is 20.5. The number of thioether (sulfide) groups is 1. The average Bonchev–Trinajstić information content (AvgIpc) is 3.22. The van der Waals surface area contributed by atoms with Gasteiger partial charge >= 0.3 is 0 Å². The van der Waals surface area contributed by atoms with Crippen molar-refractivity contribution in [3.05, 3.63) is 66.2 Å². The summed E-state index contributed by atoms with van der Waals surface area (Å²) < 4.78 is 5.75. The quantitative estimate of drug-likeness (QED) is 0.548. The molecular weight excluding hydrogens is 306 g/mol. The van der Waals surface area contributed by atoms with Gasteiger partial charge in [0.1, 0.15) is 5.69 Å². The molecule has 0 aliphatic heterocycles. The van der Waals surface area contributed by atoms with E-state index in [-0.39, 0.29) is 0 Å². The fourth-order valence-corrected chi connectivity index (χ4v) is 3.22. The lowest BCUT2D eigenvalue weighted by Crippen LogP contribution is -1.87. The molecule has 0 aliphatic carbocycles. The van der Waals surface area contributed by atoms with Gasteiger partial charge in [0.05, 0.1) is 0 Å². The second kappa shape index (κ2) is 6.30. The summed E-state index contributed by atoms with van der Waals surface area (Å²) >= 11 is 1.58. The number of fused-ring (bicyclic) bond motifs is 1. The van der Waals surface area contributed by atoms with Crippen LogP contribution < -0.4 is 0 Å². The summed E-state index contributed by atoms with van der Waals surface area (Å²) in [7, 11) is 0. The summed E-state index contributed by atoms with van der Waals surface area (Å²) in [5.41, 5.74) is 3.24. The van der Waals surface area contributed by atoms with Crippen LogP contribution in [0.2, 0.25) is 0 Å². The van der Waals surface area contributed by atoms with Gasteiger partial charge in [-0.3, -0.25) is 0 Å². The molecule has 1 N–H and O–H groups in total. The third kappa shape index (κ3) is 3.14. The third-order valence-corrected chi connectivity index (χ3v) is 4.45. The number of aryl methyl sites for hydroxylation is 1. The molecule has 0 atom stereocenters. The summed E-state index contributed by atoms with van der Waals surface area (Å²) in [5, 5.41) is 10.0. The van der Waals surface area contributed by atoms with Crippen LogP contribution >= 0.6 is 11.8 Å². The normalized spacial score (nSPS) is 11.1. The SMILES string of the molecule is c1ccc(CCSc2nnc(-c3cc4ccccc4[nH]3)o2)cc1. The van der Waals surface area contributed by atoms with Crippen LogP contribution in [0.25, 0.3) is 22.5 Å². The maximum atomic E-state index is 5.75. The molecule has 0 fully saturated rings. The van der Waals surface area contributed by atoms with Crippen LogP contribution in [0.1, 0.15) is 5.56 Å². The topological polar surface area (TPSA) is 54.7 Å². The van der Waals surface area contributed by atoms with Gasteiger partial charge in [-0.15, -0.1) is 10.2 Å². The Bertz CT molecular complexity index is 881. The molecule has 4 rings (SSSR count). The lowest BCUT2D eigenvalue weighted by Gasteiger charge is -1.97. The van der Waals surface area contributed by atoms with Crippen molar-refractivity contribution in [3.63, 3.8) is 0 Å². The van der Waals surface area contributed by atoms with Crippen LogP contribution in [0.15, 0.2) is 70.3 Å². The van der Waals surface area contributed by atoms with E-state index >= 15 is 0 Å². The molecule has 0 unspecified atom stereocenters. The Balaban J connectivity index is 1.44. The second-order valence-corrected chi connectivity index (χ2v) is 6.27. The molecule has 2 aromatic heterocycles. The fraction of sp³-hybridized carbons (Fsp3) is 0.111. The Labute approximate surface area is 137 Å². The van der Waals surface area contributed by atoms with Crippen LogP contribution in [-0.4, -0.2) is 20.9 Å². The first-order valence-electron chi connectivity index (χ1n) is 7.47. The lowest BCUT2D eigenvalue weighted by molar-refractivity contribution is 0.465. The number of aromatic nitrogens is 3. The van der Waals surface area contributed by atoms with Gasteiger partial charge in [-0.2, -0.15) is 0 Å². The van der Waals surface area contributed by atoms with Gasteiger partial charge in [-0.05, 0) is 24.1 Å². The van der Waals surface area contributed by atoms with Crippen molar-refractivity contribution in [1.29, 1.82) is 0 Å². The highest BCUT2D eigenvalue weighted by Crippen LogP contribution is 2.26. The minimum absolute atomic E-state index is 0.531. The molecule has 4 nitrogen and oxygen atoms in total. The molecule has 0 amide bonds. The smallest absolute Gasteiger partial charge is 0.276 e. The van der Waals surface area contributed by atoms with Gasteiger partial charge in [0.25, 0.3) is 11.1 Å². The second-order valence-electron chi connectivity index (χ2n) is 5.23. The third-order valence-electron chi connectivity index (χ3n) is 3.63. The van der Waals surface area contributed by atoms with Crippen molar-refractivity contribution in [2.24, 2.45) is 0 Å². The standard InChI is InChI=1S/C18H15N3OS/c1-2-6-13(7-3-1)10-11-23-18-21-20-17(22-18)16-12-14-8-4-5-9-15(14)19-16/h1-9,12,19H,10-11H2. The number of hydrogen-bond donors (Lipinski definition) is 1. The maximum absolute atomic E-state index is 5.75. The predicted molar refractivity (Wildman–Crippen MR) is 92.5 cm³/mol. The Morgan fingerprint density at radius 3 is 2.65 bits per heavy atom. The van der Waals surface area contributed by atoms with Crippen molar-refractivity contribution in [2.75, 3.05) is 5.75 Å². The summed E-state index contributed by atoms with van der Waals surface area (Å²) in [4.78, 5) is 3.30. The largest absolute Gasteiger partial charge is 0.410 e. The first-order valence-corrected chi connectivity index (χ1v) is 8.45. The molecule has 0 aliphatic rings. The van der Waals surface area contributed by atoms with E-state index in [0.29, 0.717) is 11.1 Å². The lowest BCUT2D eigenvalue weighted by atomic mass is 10.2. The van der Waals surface area contributed by atoms with Crippen molar-refractivity contribution in [1.82, 2.24) is 15.2 Å². The minimum atomic E-state index is 0.531. The number of hydrogen-bond acceptors (Lipinski definition) is 4. The van der Waals surface area contributed by atoms with E-state index < -0.39 is 0 Å². The summed E-state index contributed by atoms with van der Waals surface area (Å²) in [6.07, 6.45) is 0.982. The van der Waals surface area contributed by atoms with Gasteiger partial charge in [-0.25, -0.2) is 0 Å². The number of para-hydroxylation sites is 1. The molecular formula is C18H15N3OS. The van der Waals surface area contributed by atoms with E-state index in [1.54, 1.807) is 11.8 Å². The minimum Gasteiger partial charge on any atom is -0.410 e. The number of aromatic amines is 1. The number of benzene rings is 2. The van der Waals surface area contributed by atoms with Crippen LogP contribution in [0.4, 0.5) is 0 Å². The van der Waals surface area contributed by atoms with E-state index in [0.717, 1.165) is 28.8 Å². The molecule has 0 saturated carbocycles. The van der Waals surface area contributed by atoms with E-state index in [9.17, 15) is 0 Å². The maximum Gasteiger partial charge on any atom is 0.276 e. The highest BCUT2D eigenvalue weighted by atomic mass is 32.2. The first kappa shape index (κ1) is 14.1. The number of H-pyrrole nitrogens is 1. The highest BCUT2D eigenvalue weighted by Gasteiger charge is 2.11. The number of nitrogens with zero attached hydrogens (tertiary/aromatic N) is 2. The Morgan fingerprint density at radius 2 is 1.78 bits per heavy atom. The number of rotatable bonds is 5. The predicted octanol–water partition coefficient (Wildman–Crippen LogP) is 4.55. The van der Waals surface area contributed by atoms with Crippen molar-refractivity contribution >= 4 is 22.7 Å². The van der Waals surface area contributed by atoms with Gasteiger partial charge < -0.3 is 9.40 Å². The van der Waals surface area contributed by atoms with Crippen LogP contribution in [0.3, 0.4) is 0 Å². The average molecular weight is 321 g/mol. The zero-order valence-electron chi connectivity index (χ0n) is 12.4. The van der Waals surface area contributed by atoms with Crippen LogP contribution in [-0.2, 0) is 6.42 Å². The van der Waals surface area contributed by atoms with Crippen molar-refractivity contribution in [2.45, 2.75) is 11.6 Å². The monoisotopic (exact) mass is 321 g/mol. The molecule has 5 heteroatoms. The van der Waals surface area contributed by atoms with E-state index in [4.69, 9.17) is 4.42 Å². The molecule has 114 valence electrons. The molecule has 4 aromatic rings. The molecule has 23 heavy (non-hydrogen) atoms. The van der Waals surface area contributed by atoms with Crippen molar-refractivity contribution < 1.29 is 4.42 Å². The van der Waals surface area contributed by atoms with Gasteiger partial charge in [0.15, 0.2) is 0 Å². The fourth-order valence-electron chi connectivity index (χ4n) is 2.47. The zero-order valence-corrected chi connectivity index (χ0v) is 13.2. The molecule has 0 bridgehead atoms. The summed E-state index contributed by atoms with van der Waals surface area (Å²) in [6.45, 7) is 0. The highest BCUT2D eigenvalue weighted by molar-refractivity contribution is 7.99. The Hall–Kier alpha value is -2.53. The summed E-state index contributed by atoms with van der Waals surface area (Å²) in [5.74, 6) is 1.45. The Kier molecular flexibility index (Phi) is 3.86. The molecule has 0 saturated heterocycles. The van der Waals surface area contributed by atoms with Gasteiger partial charge in [0, 0.05) is 16.7 Å². The van der Waals surface area contributed by atoms with E-state index in [1.165, 1.54) is 5.56 Å². The molecule has 2 heterocycles. The van der Waals surface area contributed by atoms with Gasteiger partial charge in [-0.1, -0.05) is 60.3 Å². The Morgan fingerprint density at radius 1 is 0.957 bits per heavy atom. The van der Waals surface area contributed by atoms with Crippen LogP contribution in [0.5, 0.6) is 0 Å². The molecule has 2 aromatic carbocycles. The zero-order chi connectivity index (χ0) is 15.5. The van der Waals surface area contributed by atoms with E-state index in [2.05, 4.69) is 45.5 Å². The van der Waals surface area contributed by atoms with Crippen LogP contribution in [0, 0.1) is 0 Å². The molecule has 0 radical (unpaired) electrons. The van der Waals surface area contributed by atoms with Gasteiger partial charge in [0.2, 0.25) is 0 Å². The first-order chi connectivity index (χ1) is 11.4. The number of nitrogens with one attached hydrogen (secondary N) is 1. The van der Waals surface area contributed by atoms with E-state index in [1.807, 2.05) is 30.3 Å². The molecule has 0 spiro atoms.